The zero-order valence-electron chi connectivity index (χ0n) is 38.0. The van der Waals surface area contributed by atoms with E-state index in [-0.39, 0.29) is 19.1 Å². The summed E-state index contributed by atoms with van der Waals surface area (Å²) in [5.74, 6) is -0.213. The molecule has 0 aromatic carbocycles. The average Bonchev–Trinajstić information content (AvgIpc) is 3.17. The molecule has 0 aromatic rings. The van der Waals surface area contributed by atoms with Gasteiger partial charge in [0.25, 0.3) is 7.82 Å². The molecular weight excluding hydrogens is 744 g/mol. The van der Waals surface area contributed by atoms with Gasteiger partial charge in [0, 0.05) is 6.42 Å². The number of nitrogens with one attached hydrogen (secondary N) is 1. The number of phosphoric acid groups is 1. The number of phosphoric ester groups is 1. The summed E-state index contributed by atoms with van der Waals surface area (Å²) < 4.78 is 23.2. The molecule has 0 radical (unpaired) electrons. The molecule has 9 heteroatoms. The van der Waals surface area contributed by atoms with Crippen molar-refractivity contribution in [3.8, 4) is 0 Å². The summed E-state index contributed by atoms with van der Waals surface area (Å²) in [4.78, 5) is 25.3. The third-order valence-electron chi connectivity index (χ3n) is 9.92. The largest absolute Gasteiger partial charge is 0.756 e. The minimum Gasteiger partial charge on any atom is -0.756 e. The van der Waals surface area contributed by atoms with Crippen molar-refractivity contribution in [3.05, 3.63) is 72.9 Å². The summed E-state index contributed by atoms with van der Waals surface area (Å²) in [6.07, 6.45) is 53.7. The van der Waals surface area contributed by atoms with E-state index in [1.807, 2.05) is 27.2 Å². The molecule has 0 aliphatic rings. The van der Waals surface area contributed by atoms with Gasteiger partial charge in [-0.3, -0.25) is 9.36 Å². The maximum absolute atomic E-state index is 12.9. The number of quaternary nitrogens is 1. The molecule has 0 spiro atoms. The normalized spacial score (nSPS) is 14.9. The van der Waals surface area contributed by atoms with E-state index < -0.39 is 20.0 Å². The van der Waals surface area contributed by atoms with E-state index in [1.54, 1.807) is 6.08 Å². The maximum Gasteiger partial charge on any atom is 0.268 e. The SMILES string of the molecule is CC/C=C\C/C=C\C/C=C\C/C=C\C/C=C\CCCCCCCCCC(=O)NC(COP(=O)([O-])OCC[N+](C)(C)C)C(O)/C=C/CCCCCCCCCCCCC. The Kier molecular flexibility index (Phi) is 38.9. The van der Waals surface area contributed by atoms with Crippen molar-refractivity contribution >= 4 is 13.7 Å². The molecule has 0 aliphatic carbocycles. The van der Waals surface area contributed by atoms with E-state index in [0.717, 1.165) is 83.5 Å². The lowest BCUT2D eigenvalue weighted by Gasteiger charge is -2.29. The Morgan fingerprint density at radius 2 is 1.05 bits per heavy atom. The second-order valence-corrected chi connectivity index (χ2v) is 18.1. The molecule has 336 valence electrons. The third kappa shape index (κ3) is 42.1. The van der Waals surface area contributed by atoms with Crippen LogP contribution in [0.25, 0.3) is 0 Å². The summed E-state index contributed by atoms with van der Waals surface area (Å²) in [6.45, 7) is 4.50. The highest BCUT2D eigenvalue weighted by molar-refractivity contribution is 7.45. The van der Waals surface area contributed by atoms with E-state index in [0.29, 0.717) is 17.4 Å². The fourth-order valence-electron chi connectivity index (χ4n) is 6.24. The van der Waals surface area contributed by atoms with Crippen LogP contribution >= 0.6 is 7.82 Å². The molecule has 3 atom stereocenters. The van der Waals surface area contributed by atoms with Gasteiger partial charge in [0.05, 0.1) is 39.9 Å². The number of nitrogens with zero attached hydrogens (tertiary/aromatic N) is 1. The van der Waals surface area contributed by atoms with Crippen LogP contribution in [-0.2, 0) is 18.4 Å². The fourth-order valence-corrected chi connectivity index (χ4v) is 6.96. The van der Waals surface area contributed by atoms with Crippen molar-refractivity contribution in [1.82, 2.24) is 5.32 Å². The van der Waals surface area contributed by atoms with E-state index in [9.17, 15) is 19.4 Å². The molecule has 0 fully saturated rings. The van der Waals surface area contributed by atoms with E-state index in [2.05, 4.69) is 79.9 Å². The van der Waals surface area contributed by atoms with Gasteiger partial charge in [-0.1, -0.05) is 183 Å². The van der Waals surface area contributed by atoms with Crippen LogP contribution in [0, 0.1) is 0 Å². The van der Waals surface area contributed by atoms with Gasteiger partial charge in [-0.25, -0.2) is 0 Å². The van der Waals surface area contributed by atoms with Crippen LogP contribution in [0.4, 0.5) is 0 Å². The number of hydrogen-bond donors (Lipinski definition) is 2. The highest BCUT2D eigenvalue weighted by Gasteiger charge is 2.23. The molecule has 0 aromatic heterocycles. The summed E-state index contributed by atoms with van der Waals surface area (Å²) in [5.41, 5.74) is 0. The monoisotopic (exact) mass is 833 g/mol. The first kappa shape index (κ1) is 55.9. The van der Waals surface area contributed by atoms with E-state index in [4.69, 9.17) is 9.05 Å². The van der Waals surface area contributed by atoms with Crippen molar-refractivity contribution < 1.29 is 32.9 Å². The number of allylic oxidation sites excluding steroid dienone is 11. The summed E-state index contributed by atoms with van der Waals surface area (Å²) in [5, 5.41) is 13.8. The number of aliphatic hydroxyl groups excluding tert-OH is 1. The standard InChI is InChI=1S/C49H89N2O6P/c1-6-8-10-12-14-16-18-20-21-22-23-24-25-26-27-28-29-31-33-35-37-39-41-43-49(53)50-47(46-57-58(54,55)56-45-44-51(3,4)5)48(52)42-40-38-36-34-32-30-19-17-15-13-11-9-7-2/h8,10,14,16,20-21,23-24,26-27,40,42,47-48,52H,6-7,9,11-13,15,17-19,22,25,28-39,41,43-46H2,1-5H3,(H-,50,53,54,55)/b10-8-,16-14-,21-20-,24-23-,27-26-,42-40+. The van der Waals surface area contributed by atoms with Crippen LogP contribution in [-0.4, -0.2) is 68.5 Å². The molecule has 8 nitrogen and oxygen atoms in total. The minimum absolute atomic E-state index is 0.00692. The molecule has 0 saturated heterocycles. The fraction of sp³-hybridized carbons (Fsp3) is 0.735. The van der Waals surface area contributed by atoms with Gasteiger partial charge < -0.3 is 28.8 Å². The number of amides is 1. The lowest BCUT2D eigenvalue weighted by molar-refractivity contribution is -0.870. The Morgan fingerprint density at radius 3 is 1.53 bits per heavy atom. The number of aliphatic hydroxyl groups is 1. The van der Waals surface area contributed by atoms with Crippen LogP contribution in [0.1, 0.15) is 181 Å². The molecule has 1 amide bonds. The highest BCUT2D eigenvalue weighted by Crippen LogP contribution is 2.38. The molecule has 58 heavy (non-hydrogen) atoms. The highest BCUT2D eigenvalue weighted by atomic mass is 31.2. The Hall–Kier alpha value is -2.06. The Labute approximate surface area is 357 Å². The molecular formula is C49H89N2O6P. The number of carbonyl (C=O) groups is 1. The number of unbranched alkanes of at least 4 members (excludes halogenated alkanes) is 18. The molecule has 2 N–H and O–H groups in total. The first-order chi connectivity index (χ1) is 28.0. The minimum atomic E-state index is -4.59. The summed E-state index contributed by atoms with van der Waals surface area (Å²) >= 11 is 0. The van der Waals surface area contributed by atoms with Crippen molar-refractivity contribution in [2.45, 2.75) is 193 Å². The molecule has 0 saturated carbocycles. The van der Waals surface area contributed by atoms with E-state index >= 15 is 0 Å². The second-order valence-electron chi connectivity index (χ2n) is 16.7. The van der Waals surface area contributed by atoms with Crippen LogP contribution in [0.5, 0.6) is 0 Å². The Balaban J connectivity index is 4.37. The van der Waals surface area contributed by atoms with Gasteiger partial charge in [-0.2, -0.15) is 0 Å². The number of carbonyl (C=O) groups excluding carboxylic acids is 1. The van der Waals surface area contributed by atoms with E-state index in [1.165, 1.54) is 77.0 Å². The quantitative estimate of drug-likeness (QED) is 0.0275. The van der Waals surface area contributed by atoms with Crippen molar-refractivity contribution in [2.24, 2.45) is 0 Å². The predicted molar refractivity (Wildman–Crippen MR) is 247 cm³/mol. The summed E-state index contributed by atoms with van der Waals surface area (Å²) in [6, 6.07) is -0.895. The van der Waals surface area contributed by atoms with Crippen molar-refractivity contribution in [3.63, 3.8) is 0 Å². The van der Waals surface area contributed by atoms with Gasteiger partial charge in [0.15, 0.2) is 0 Å². The van der Waals surface area contributed by atoms with Crippen LogP contribution in [0.2, 0.25) is 0 Å². The van der Waals surface area contributed by atoms with Gasteiger partial charge in [0.2, 0.25) is 5.91 Å². The third-order valence-corrected chi connectivity index (χ3v) is 10.9. The second kappa shape index (κ2) is 40.4. The number of likely N-dealkylation sites (N-methyl/N-ethyl adjacent to an activating group) is 1. The molecule has 0 heterocycles. The van der Waals surface area contributed by atoms with Crippen molar-refractivity contribution in [1.29, 1.82) is 0 Å². The van der Waals surface area contributed by atoms with Gasteiger partial charge in [0.1, 0.15) is 13.2 Å². The average molecular weight is 833 g/mol. The number of rotatable bonds is 41. The van der Waals surface area contributed by atoms with Gasteiger partial charge in [-0.05, 0) is 64.2 Å². The zero-order valence-corrected chi connectivity index (χ0v) is 38.9. The van der Waals surface area contributed by atoms with Gasteiger partial charge in [-0.15, -0.1) is 0 Å². The Bertz CT molecular complexity index is 1170. The van der Waals surface area contributed by atoms with Crippen LogP contribution in [0.3, 0.4) is 0 Å². The molecule has 0 bridgehead atoms. The predicted octanol–water partition coefficient (Wildman–Crippen LogP) is 12.6. The lowest BCUT2D eigenvalue weighted by Crippen LogP contribution is -2.45. The van der Waals surface area contributed by atoms with Crippen LogP contribution < -0.4 is 10.2 Å². The first-order valence-electron chi connectivity index (χ1n) is 23.3. The topological polar surface area (TPSA) is 108 Å². The maximum atomic E-state index is 12.9. The smallest absolute Gasteiger partial charge is 0.268 e. The Morgan fingerprint density at radius 1 is 0.621 bits per heavy atom. The summed E-state index contributed by atoms with van der Waals surface area (Å²) in [7, 11) is 1.24. The zero-order chi connectivity index (χ0) is 42.8. The molecule has 0 rings (SSSR count). The number of hydrogen-bond acceptors (Lipinski definition) is 6. The molecule has 3 unspecified atom stereocenters. The molecule has 0 aliphatic heterocycles. The van der Waals surface area contributed by atoms with Crippen LogP contribution in [0.15, 0.2) is 72.9 Å². The van der Waals surface area contributed by atoms with Gasteiger partial charge >= 0.3 is 0 Å². The lowest BCUT2D eigenvalue weighted by atomic mass is 10.0. The first-order valence-corrected chi connectivity index (χ1v) is 24.8. The van der Waals surface area contributed by atoms with Crippen molar-refractivity contribution in [2.75, 3.05) is 40.9 Å².